The Bertz CT molecular complexity index is 362. The topological polar surface area (TPSA) is 38.4 Å². The molecule has 1 aliphatic carbocycles. The van der Waals surface area contributed by atoms with Crippen LogP contribution in [0.4, 0.5) is 0 Å². The summed E-state index contributed by atoms with van der Waals surface area (Å²) in [5, 5.41) is 0. The molecule has 0 aromatic heterocycles. The summed E-state index contributed by atoms with van der Waals surface area (Å²) < 4.78 is 0. The number of hydrogen-bond acceptors (Lipinski definition) is 1. The summed E-state index contributed by atoms with van der Waals surface area (Å²) in [5.41, 5.74) is 7.57. The monoisotopic (exact) mass is 216 g/mol. The summed E-state index contributed by atoms with van der Waals surface area (Å²) in [6.45, 7) is 2.82. The average molecular weight is 216 g/mol. The van der Waals surface area contributed by atoms with Gasteiger partial charge in [-0.2, -0.15) is 0 Å². The Hall–Kier alpha value is -1.31. The van der Waals surface area contributed by atoms with E-state index in [0.717, 1.165) is 25.2 Å². The number of benzene rings is 1. The van der Waals surface area contributed by atoms with Crippen molar-refractivity contribution in [3.63, 3.8) is 0 Å². The van der Waals surface area contributed by atoms with Gasteiger partial charge in [-0.05, 0) is 25.3 Å². The Morgan fingerprint density at radius 1 is 1.25 bits per heavy atom. The third kappa shape index (κ3) is 1.84. The van der Waals surface area contributed by atoms with Crippen molar-refractivity contribution in [3.8, 4) is 0 Å². The van der Waals surface area contributed by atoms with E-state index in [0.29, 0.717) is 0 Å². The molecule has 0 saturated heterocycles. The van der Waals surface area contributed by atoms with Gasteiger partial charge in [0.1, 0.15) is 5.84 Å². The molecule has 0 radical (unpaired) electrons. The lowest BCUT2D eigenvalue weighted by Gasteiger charge is -2.29. The molecule has 1 aliphatic rings. The van der Waals surface area contributed by atoms with Crippen LogP contribution >= 0.6 is 0 Å². The molecule has 2 heteroatoms. The third-order valence-electron chi connectivity index (χ3n) is 3.60. The molecule has 0 heterocycles. The van der Waals surface area contributed by atoms with Crippen molar-refractivity contribution in [1.29, 1.82) is 0 Å². The molecule has 16 heavy (non-hydrogen) atoms. The van der Waals surface area contributed by atoms with E-state index in [4.69, 9.17) is 5.73 Å². The van der Waals surface area contributed by atoms with Gasteiger partial charge in [0, 0.05) is 6.54 Å². The van der Waals surface area contributed by atoms with Gasteiger partial charge in [-0.3, -0.25) is 4.99 Å². The first-order valence-electron chi connectivity index (χ1n) is 6.15. The number of aliphatic imine (C=N–C) groups is 1. The van der Waals surface area contributed by atoms with Crippen molar-refractivity contribution in [2.24, 2.45) is 10.7 Å². The second kappa shape index (κ2) is 4.69. The first-order chi connectivity index (χ1) is 7.79. The zero-order valence-electron chi connectivity index (χ0n) is 9.95. The van der Waals surface area contributed by atoms with Crippen molar-refractivity contribution in [3.05, 3.63) is 35.9 Å². The minimum Gasteiger partial charge on any atom is -0.387 e. The van der Waals surface area contributed by atoms with Gasteiger partial charge in [0.05, 0.1) is 5.41 Å². The summed E-state index contributed by atoms with van der Waals surface area (Å²) in [4.78, 5) is 4.45. The van der Waals surface area contributed by atoms with Crippen LogP contribution in [0.3, 0.4) is 0 Å². The largest absolute Gasteiger partial charge is 0.387 e. The molecule has 2 nitrogen and oxygen atoms in total. The number of amidine groups is 1. The molecule has 0 unspecified atom stereocenters. The molecule has 86 valence electrons. The molecule has 0 atom stereocenters. The summed E-state index contributed by atoms with van der Waals surface area (Å²) in [7, 11) is 0. The van der Waals surface area contributed by atoms with Gasteiger partial charge in [-0.1, -0.05) is 43.2 Å². The minimum absolute atomic E-state index is 0.0251. The Kier molecular flexibility index (Phi) is 3.28. The van der Waals surface area contributed by atoms with E-state index in [2.05, 4.69) is 35.3 Å². The molecule has 0 spiro atoms. The van der Waals surface area contributed by atoms with Crippen LogP contribution in [-0.4, -0.2) is 12.4 Å². The van der Waals surface area contributed by atoms with Crippen molar-refractivity contribution >= 4 is 5.84 Å². The van der Waals surface area contributed by atoms with E-state index in [1.165, 1.54) is 18.4 Å². The lowest BCUT2D eigenvalue weighted by Crippen LogP contribution is -2.39. The molecule has 0 aliphatic heterocycles. The molecule has 1 saturated carbocycles. The van der Waals surface area contributed by atoms with E-state index < -0.39 is 0 Å². The van der Waals surface area contributed by atoms with Gasteiger partial charge in [-0.25, -0.2) is 0 Å². The highest BCUT2D eigenvalue weighted by Crippen LogP contribution is 2.41. The maximum absolute atomic E-state index is 6.21. The highest BCUT2D eigenvalue weighted by Gasteiger charge is 2.38. The van der Waals surface area contributed by atoms with Crippen LogP contribution in [0.2, 0.25) is 0 Å². The van der Waals surface area contributed by atoms with Crippen LogP contribution in [0.5, 0.6) is 0 Å². The lowest BCUT2D eigenvalue weighted by atomic mass is 9.78. The smallest absolute Gasteiger partial charge is 0.104 e. The third-order valence-corrected chi connectivity index (χ3v) is 3.60. The molecular weight excluding hydrogens is 196 g/mol. The fourth-order valence-corrected chi connectivity index (χ4v) is 2.75. The number of rotatable bonds is 3. The average Bonchev–Trinajstić information content (AvgIpc) is 2.81. The van der Waals surface area contributed by atoms with Gasteiger partial charge in [-0.15, -0.1) is 0 Å². The number of nitrogens with two attached hydrogens (primary N) is 1. The van der Waals surface area contributed by atoms with E-state index in [1.54, 1.807) is 0 Å². The molecule has 1 fully saturated rings. The fraction of sp³-hybridized carbons (Fsp3) is 0.500. The molecule has 1 aromatic carbocycles. The molecule has 1 aromatic rings. The summed E-state index contributed by atoms with van der Waals surface area (Å²) in [6.07, 6.45) is 4.81. The maximum atomic E-state index is 6.21. The number of hydrogen-bond donors (Lipinski definition) is 1. The van der Waals surface area contributed by atoms with Crippen LogP contribution in [0.25, 0.3) is 0 Å². The number of nitrogens with zero attached hydrogens (tertiary/aromatic N) is 1. The molecular formula is C14H20N2. The Balaban J connectivity index is 2.40. The quantitative estimate of drug-likeness (QED) is 0.612. The molecule has 2 rings (SSSR count). The van der Waals surface area contributed by atoms with Gasteiger partial charge >= 0.3 is 0 Å². The highest BCUT2D eigenvalue weighted by atomic mass is 14.9. The first kappa shape index (κ1) is 11.2. The van der Waals surface area contributed by atoms with E-state index in [1.807, 2.05) is 6.92 Å². The SMILES string of the molecule is CCN=C(N)C1(c2ccccc2)CCCC1. The van der Waals surface area contributed by atoms with Gasteiger partial charge in [0.2, 0.25) is 0 Å². The zero-order chi connectivity index (χ0) is 11.4. The Morgan fingerprint density at radius 3 is 2.44 bits per heavy atom. The molecule has 0 bridgehead atoms. The maximum Gasteiger partial charge on any atom is 0.104 e. The van der Waals surface area contributed by atoms with E-state index in [9.17, 15) is 0 Å². The van der Waals surface area contributed by atoms with Crippen LogP contribution < -0.4 is 5.73 Å². The van der Waals surface area contributed by atoms with E-state index in [-0.39, 0.29) is 5.41 Å². The first-order valence-corrected chi connectivity index (χ1v) is 6.15. The van der Waals surface area contributed by atoms with E-state index >= 15 is 0 Å². The molecule has 2 N–H and O–H groups in total. The van der Waals surface area contributed by atoms with Crippen LogP contribution in [0.15, 0.2) is 35.3 Å². The van der Waals surface area contributed by atoms with Crippen molar-refractivity contribution in [2.45, 2.75) is 38.0 Å². The summed E-state index contributed by atoms with van der Waals surface area (Å²) >= 11 is 0. The Labute approximate surface area is 97.6 Å². The predicted octanol–water partition coefficient (Wildman–Crippen LogP) is 2.88. The van der Waals surface area contributed by atoms with Crippen molar-refractivity contribution in [2.75, 3.05) is 6.54 Å². The van der Waals surface area contributed by atoms with Crippen LogP contribution in [0, 0.1) is 0 Å². The van der Waals surface area contributed by atoms with Crippen molar-refractivity contribution < 1.29 is 0 Å². The highest BCUT2D eigenvalue weighted by molar-refractivity contribution is 5.92. The second-order valence-electron chi connectivity index (χ2n) is 4.51. The van der Waals surface area contributed by atoms with Crippen LogP contribution in [-0.2, 0) is 5.41 Å². The fourth-order valence-electron chi connectivity index (χ4n) is 2.75. The zero-order valence-corrected chi connectivity index (χ0v) is 9.95. The van der Waals surface area contributed by atoms with Gasteiger partial charge in [0.25, 0.3) is 0 Å². The minimum atomic E-state index is 0.0251. The Morgan fingerprint density at radius 2 is 1.88 bits per heavy atom. The standard InChI is InChI=1S/C14H20N2/c1-2-16-13(15)14(10-6-7-11-14)12-8-4-3-5-9-12/h3-5,8-9H,2,6-7,10-11H2,1H3,(H2,15,16). The van der Waals surface area contributed by atoms with Gasteiger partial charge < -0.3 is 5.73 Å². The summed E-state index contributed by atoms with van der Waals surface area (Å²) in [6, 6.07) is 10.6. The summed E-state index contributed by atoms with van der Waals surface area (Å²) in [5.74, 6) is 0.832. The lowest BCUT2D eigenvalue weighted by molar-refractivity contribution is 0.590. The van der Waals surface area contributed by atoms with Crippen LogP contribution in [0.1, 0.15) is 38.2 Å². The van der Waals surface area contributed by atoms with Gasteiger partial charge in [0.15, 0.2) is 0 Å². The predicted molar refractivity (Wildman–Crippen MR) is 68.8 cm³/mol. The normalized spacial score (nSPS) is 19.9. The molecule has 0 amide bonds. The second-order valence-corrected chi connectivity index (χ2v) is 4.51. The van der Waals surface area contributed by atoms with Crippen molar-refractivity contribution in [1.82, 2.24) is 0 Å².